The number of nitrogens with two attached hydrogens (primary N) is 1. The van der Waals surface area contributed by atoms with Crippen LogP contribution in [0.25, 0.3) is 0 Å². The van der Waals surface area contributed by atoms with E-state index in [1.807, 2.05) is 6.92 Å². The van der Waals surface area contributed by atoms with Crippen molar-refractivity contribution >= 4 is 11.7 Å². The minimum Gasteiger partial charge on any atom is -0.383 e. The van der Waals surface area contributed by atoms with Gasteiger partial charge >= 0.3 is 0 Å². The molecule has 1 atom stereocenters. The maximum atomic E-state index is 13.0. The van der Waals surface area contributed by atoms with Crippen molar-refractivity contribution in [2.75, 3.05) is 5.73 Å². The van der Waals surface area contributed by atoms with Crippen LogP contribution in [0.15, 0.2) is 12.3 Å². The van der Waals surface area contributed by atoms with Gasteiger partial charge in [-0.15, -0.1) is 0 Å². The first-order chi connectivity index (χ1) is 8.49. The van der Waals surface area contributed by atoms with Crippen LogP contribution in [0, 0.1) is 11.7 Å². The zero-order valence-electron chi connectivity index (χ0n) is 11.0. The number of halogens is 1. The van der Waals surface area contributed by atoms with E-state index in [-0.39, 0.29) is 23.3 Å². The van der Waals surface area contributed by atoms with E-state index in [4.69, 9.17) is 5.73 Å². The molecule has 0 bridgehead atoms. The molecule has 0 aliphatic carbocycles. The van der Waals surface area contributed by atoms with Crippen LogP contribution in [0.4, 0.5) is 10.2 Å². The number of carbonyl (C=O) groups excluding carboxylic acids is 1. The fourth-order valence-electron chi connectivity index (χ4n) is 2.03. The van der Waals surface area contributed by atoms with Gasteiger partial charge in [0.25, 0.3) is 5.91 Å². The third-order valence-electron chi connectivity index (χ3n) is 3.24. The first-order valence-corrected chi connectivity index (χ1v) is 6.21. The predicted molar refractivity (Wildman–Crippen MR) is 69.6 cm³/mol. The molecule has 0 radical (unpaired) electrons. The van der Waals surface area contributed by atoms with Gasteiger partial charge in [-0.1, -0.05) is 26.7 Å². The number of pyridine rings is 1. The molecule has 0 aromatic carbocycles. The molecule has 100 valence electrons. The Morgan fingerprint density at radius 3 is 2.67 bits per heavy atom. The number of amides is 1. The minimum absolute atomic E-state index is 0.0233. The van der Waals surface area contributed by atoms with E-state index in [1.165, 1.54) is 0 Å². The van der Waals surface area contributed by atoms with Gasteiger partial charge in [0, 0.05) is 6.04 Å². The number of anilines is 1. The van der Waals surface area contributed by atoms with Crippen molar-refractivity contribution in [2.45, 2.75) is 39.7 Å². The molecule has 1 unspecified atom stereocenters. The van der Waals surface area contributed by atoms with Gasteiger partial charge in [0.05, 0.1) is 11.8 Å². The van der Waals surface area contributed by atoms with Crippen molar-refractivity contribution in [1.82, 2.24) is 10.3 Å². The number of rotatable bonds is 5. The number of nitrogens with zero attached hydrogens (tertiary/aromatic N) is 1. The van der Waals surface area contributed by atoms with Gasteiger partial charge in [-0.3, -0.25) is 4.79 Å². The van der Waals surface area contributed by atoms with Crippen LogP contribution < -0.4 is 11.1 Å². The number of nitrogen functional groups attached to an aromatic ring is 1. The maximum Gasteiger partial charge on any atom is 0.255 e. The second kappa shape index (κ2) is 6.33. The average Bonchev–Trinajstić information content (AvgIpc) is 2.33. The standard InChI is InChI=1S/C13H20FN3O/c1-4-9(5-2)8(3)17-13(18)11-6-10(14)7-16-12(11)15/h6-9H,4-5H2,1-3H3,(H2,15,16)(H,17,18). The van der Waals surface area contributed by atoms with Crippen molar-refractivity contribution in [1.29, 1.82) is 0 Å². The summed E-state index contributed by atoms with van der Waals surface area (Å²) in [5.74, 6) is -0.495. The Kier molecular flexibility index (Phi) is 5.07. The number of hydrogen-bond donors (Lipinski definition) is 2. The summed E-state index contributed by atoms with van der Waals surface area (Å²) in [6.07, 6.45) is 2.96. The summed E-state index contributed by atoms with van der Waals surface area (Å²) < 4.78 is 13.0. The molecule has 1 heterocycles. The van der Waals surface area contributed by atoms with Crippen LogP contribution in [0.1, 0.15) is 44.0 Å². The summed E-state index contributed by atoms with van der Waals surface area (Å²) in [7, 11) is 0. The molecule has 1 amide bonds. The second-order valence-corrected chi connectivity index (χ2v) is 4.43. The predicted octanol–water partition coefficient (Wildman–Crippen LogP) is 2.36. The molecule has 0 aliphatic rings. The van der Waals surface area contributed by atoms with E-state index in [1.54, 1.807) is 0 Å². The number of carbonyl (C=O) groups is 1. The third-order valence-corrected chi connectivity index (χ3v) is 3.24. The number of hydrogen-bond acceptors (Lipinski definition) is 3. The van der Waals surface area contributed by atoms with Crippen LogP contribution in [-0.4, -0.2) is 16.9 Å². The molecule has 0 aliphatic heterocycles. The van der Waals surface area contributed by atoms with Crippen molar-refractivity contribution in [3.8, 4) is 0 Å². The van der Waals surface area contributed by atoms with Gasteiger partial charge in [-0.05, 0) is 18.9 Å². The van der Waals surface area contributed by atoms with Crippen molar-refractivity contribution in [3.05, 3.63) is 23.6 Å². The number of aromatic nitrogens is 1. The van der Waals surface area contributed by atoms with E-state index in [9.17, 15) is 9.18 Å². The molecule has 3 N–H and O–H groups in total. The zero-order valence-corrected chi connectivity index (χ0v) is 11.0. The summed E-state index contributed by atoms with van der Waals surface area (Å²) in [4.78, 5) is 15.6. The Balaban J connectivity index is 2.79. The molecule has 0 saturated heterocycles. The van der Waals surface area contributed by atoms with Crippen LogP contribution in [0.5, 0.6) is 0 Å². The fraction of sp³-hybridized carbons (Fsp3) is 0.538. The van der Waals surface area contributed by atoms with Gasteiger partial charge in [0.2, 0.25) is 0 Å². The molecule has 0 spiro atoms. The van der Waals surface area contributed by atoms with Crippen molar-refractivity contribution in [2.24, 2.45) is 5.92 Å². The molecule has 0 saturated carbocycles. The quantitative estimate of drug-likeness (QED) is 0.846. The lowest BCUT2D eigenvalue weighted by Crippen LogP contribution is -2.38. The third kappa shape index (κ3) is 3.42. The van der Waals surface area contributed by atoms with Crippen molar-refractivity contribution in [3.63, 3.8) is 0 Å². The van der Waals surface area contributed by atoms with Gasteiger partial charge in [0.15, 0.2) is 0 Å². The van der Waals surface area contributed by atoms with Crippen LogP contribution in [-0.2, 0) is 0 Å². The first kappa shape index (κ1) is 14.4. The molecule has 4 nitrogen and oxygen atoms in total. The van der Waals surface area contributed by atoms with E-state index in [2.05, 4.69) is 24.1 Å². The topological polar surface area (TPSA) is 68.0 Å². The fourth-order valence-corrected chi connectivity index (χ4v) is 2.03. The van der Waals surface area contributed by atoms with Crippen LogP contribution in [0.2, 0.25) is 0 Å². The summed E-state index contributed by atoms with van der Waals surface area (Å²) in [5, 5.41) is 2.84. The summed E-state index contributed by atoms with van der Waals surface area (Å²) in [6.45, 7) is 6.10. The maximum absolute atomic E-state index is 13.0. The average molecular weight is 253 g/mol. The van der Waals surface area contributed by atoms with Gasteiger partial charge in [-0.2, -0.15) is 0 Å². The molecule has 5 heteroatoms. The Morgan fingerprint density at radius 2 is 2.11 bits per heavy atom. The summed E-state index contributed by atoms with van der Waals surface area (Å²) in [5.41, 5.74) is 5.66. The minimum atomic E-state index is -0.565. The molecule has 1 rings (SSSR count). The Bertz CT molecular complexity index is 419. The summed E-state index contributed by atoms with van der Waals surface area (Å²) in [6, 6.07) is 1.13. The summed E-state index contributed by atoms with van der Waals surface area (Å²) >= 11 is 0. The second-order valence-electron chi connectivity index (χ2n) is 4.43. The van der Waals surface area contributed by atoms with Crippen molar-refractivity contribution < 1.29 is 9.18 Å². The lowest BCUT2D eigenvalue weighted by Gasteiger charge is -2.22. The van der Waals surface area contributed by atoms with Gasteiger partial charge in [-0.25, -0.2) is 9.37 Å². The Hall–Kier alpha value is -1.65. The molecule has 1 aromatic heterocycles. The largest absolute Gasteiger partial charge is 0.383 e. The lowest BCUT2D eigenvalue weighted by molar-refractivity contribution is 0.0925. The smallest absolute Gasteiger partial charge is 0.255 e. The normalized spacial score (nSPS) is 12.5. The monoisotopic (exact) mass is 253 g/mol. The Labute approximate surface area is 107 Å². The van der Waals surface area contributed by atoms with E-state index in [0.29, 0.717) is 5.92 Å². The molecular formula is C13H20FN3O. The van der Waals surface area contributed by atoms with E-state index in [0.717, 1.165) is 25.1 Å². The van der Waals surface area contributed by atoms with Gasteiger partial charge < -0.3 is 11.1 Å². The highest BCUT2D eigenvalue weighted by Crippen LogP contribution is 2.15. The number of nitrogens with one attached hydrogen (secondary N) is 1. The SMILES string of the molecule is CCC(CC)C(C)NC(=O)c1cc(F)cnc1N. The van der Waals surface area contributed by atoms with Gasteiger partial charge in [0.1, 0.15) is 11.6 Å². The Morgan fingerprint density at radius 1 is 1.50 bits per heavy atom. The lowest BCUT2D eigenvalue weighted by atomic mass is 9.95. The van der Waals surface area contributed by atoms with E-state index >= 15 is 0 Å². The first-order valence-electron chi connectivity index (χ1n) is 6.21. The molecule has 0 fully saturated rings. The van der Waals surface area contributed by atoms with Crippen LogP contribution >= 0.6 is 0 Å². The molecule has 18 heavy (non-hydrogen) atoms. The zero-order chi connectivity index (χ0) is 13.7. The van der Waals surface area contributed by atoms with Crippen LogP contribution in [0.3, 0.4) is 0 Å². The molecular weight excluding hydrogens is 233 g/mol. The highest BCUT2D eigenvalue weighted by atomic mass is 19.1. The highest BCUT2D eigenvalue weighted by Gasteiger charge is 2.18. The molecule has 1 aromatic rings. The highest BCUT2D eigenvalue weighted by molar-refractivity contribution is 5.98. The van der Waals surface area contributed by atoms with E-state index < -0.39 is 5.82 Å².